The van der Waals surface area contributed by atoms with Gasteiger partial charge < -0.3 is 10.6 Å². The van der Waals surface area contributed by atoms with Crippen LogP contribution in [0.3, 0.4) is 0 Å². The van der Waals surface area contributed by atoms with E-state index in [1.54, 1.807) is 6.20 Å². The number of nitrogens with zero attached hydrogens (tertiary/aromatic N) is 2. The van der Waals surface area contributed by atoms with Gasteiger partial charge in [0.2, 0.25) is 0 Å². The normalized spacial score (nSPS) is 22.0. The Morgan fingerprint density at radius 3 is 3.27 bits per heavy atom. The molecule has 2 rings (SSSR count). The lowest BCUT2D eigenvalue weighted by Crippen LogP contribution is -2.36. The molecule has 1 aliphatic heterocycles. The summed E-state index contributed by atoms with van der Waals surface area (Å²) in [6, 6.07) is 4.02. The molecule has 3 nitrogen and oxygen atoms in total. The molecule has 1 aliphatic rings. The largest absolute Gasteiger partial charge is 0.344 e. The molecule has 11 heavy (non-hydrogen) atoms. The first-order valence-corrected chi connectivity index (χ1v) is 3.71. The fraction of sp³-hybridized carbons (Fsp3) is 0.375. The van der Waals surface area contributed by atoms with Crippen LogP contribution in [-0.4, -0.2) is 18.2 Å². The van der Waals surface area contributed by atoms with Crippen molar-refractivity contribution in [2.75, 3.05) is 11.9 Å². The molecule has 0 saturated heterocycles. The van der Waals surface area contributed by atoms with Gasteiger partial charge in [-0.15, -0.1) is 0 Å². The molecule has 0 aliphatic carbocycles. The molecule has 0 amide bonds. The fourth-order valence-electron chi connectivity index (χ4n) is 1.43. The summed E-state index contributed by atoms with van der Waals surface area (Å²) in [6.45, 7) is 0. The number of pyridine rings is 1. The number of likely N-dealkylation sites (N-methyl/N-ethyl adjacent to an activating group) is 1. The zero-order valence-electron chi connectivity index (χ0n) is 6.49. The SMILES string of the molecule is CN1c2ncccc2CC1N. The number of nitrogens with two attached hydrogens (primary N) is 1. The maximum Gasteiger partial charge on any atom is 0.132 e. The molecule has 0 saturated carbocycles. The third-order valence-corrected chi connectivity index (χ3v) is 2.13. The second kappa shape index (κ2) is 2.20. The van der Waals surface area contributed by atoms with E-state index in [0.29, 0.717) is 0 Å². The van der Waals surface area contributed by atoms with Crippen molar-refractivity contribution >= 4 is 5.82 Å². The lowest BCUT2D eigenvalue weighted by Gasteiger charge is -2.16. The number of hydrogen-bond donors (Lipinski definition) is 1. The highest BCUT2D eigenvalue weighted by Gasteiger charge is 2.23. The van der Waals surface area contributed by atoms with Crippen molar-refractivity contribution in [3.63, 3.8) is 0 Å². The zero-order chi connectivity index (χ0) is 7.84. The van der Waals surface area contributed by atoms with E-state index in [1.165, 1.54) is 5.56 Å². The predicted molar refractivity (Wildman–Crippen MR) is 44.3 cm³/mol. The Kier molecular flexibility index (Phi) is 1.32. The van der Waals surface area contributed by atoms with Gasteiger partial charge in [-0.1, -0.05) is 6.07 Å². The van der Waals surface area contributed by atoms with Crippen molar-refractivity contribution in [1.82, 2.24) is 4.98 Å². The van der Waals surface area contributed by atoms with Crippen LogP contribution in [0.2, 0.25) is 0 Å². The standard InChI is InChI=1S/C8H11N3/c1-11-7(9)5-6-3-2-4-10-8(6)11/h2-4,7H,5,9H2,1H3. The molecule has 0 spiro atoms. The lowest BCUT2D eigenvalue weighted by molar-refractivity contribution is 0.695. The number of fused-ring (bicyclic) bond motifs is 1. The van der Waals surface area contributed by atoms with Gasteiger partial charge in [0.1, 0.15) is 5.82 Å². The zero-order valence-corrected chi connectivity index (χ0v) is 6.49. The molecule has 1 aromatic heterocycles. The molecule has 2 N–H and O–H groups in total. The molecule has 1 aromatic rings. The van der Waals surface area contributed by atoms with Crippen LogP contribution in [0.25, 0.3) is 0 Å². The van der Waals surface area contributed by atoms with Gasteiger partial charge >= 0.3 is 0 Å². The Balaban J connectivity index is 2.47. The third-order valence-electron chi connectivity index (χ3n) is 2.13. The van der Waals surface area contributed by atoms with Gasteiger partial charge in [0, 0.05) is 19.7 Å². The second-order valence-electron chi connectivity index (χ2n) is 2.87. The Morgan fingerprint density at radius 2 is 2.55 bits per heavy atom. The minimum absolute atomic E-state index is 0.111. The Bertz CT molecular complexity index is 272. The smallest absolute Gasteiger partial charge is 0.132 e. The van der Waals surface area contributed by atoms with Gasteiger partial charge in [-0.25, -0.2) is 4.98 Å². The summed E-state index contributed by atoms with van der Waals surface area (Å²) in [7, 11) is 1.98. The summed E-state index contributed by atoms with van der Waals surface area (Å²) >= 11 is 0. The number of aromatic nitrogens is 1. The minimum atomic E-state index is 0.111. The molecule has 1 atom stereocenters. The van der Waals surface area contributed by atoms with Crippen LogP contribution in [-0.2, 0) is 6.42 Å². The van der Waals surface area contributed by atoms with E-state index in [9.17, 15) is 0 Å². The van der Waals surface area contributed by atoms with Crippen molar-refractivity contribution in [3.8, 4) is 0 Å². The third kappa shape index (κ3) is 0.886. The summed E-state index contributed by atoms with van der Waals surface area (Å²) in [5.41, 5.74) is 7.07. The monoisotopic (exact) mass is 149 g/mol. The average molecular weight is 149 g/mol. The van der Waals surface area contributed by atoms with E-state index in [4.69, 9.17) is 5.73 Å². The first-order valence-electron chi connectivity index (χ1n) is 3.71. The van der Waals surface area contributed by atoms with Crippen LogP contribution < -0.4 is 10.6 Å². The number of hydrogen-bond acceptors (Lipinski definition) is 3. The number of rotatable bonds is 0. The van der Waals surface area contributed by atoms with Crippen molar-refractivity contribution < 1.29 is 0 Å². The molecule has 2 heterocycles. The molecular formula is C8H11N3. The maximum atomic E-state index is 5.81. The van der Waals surface area contributed by atoms with Gasteiger partial charge in [0.05, 0.1) is 6.17 Å². The molecule has 0 aromatic carbocycles. The summed E-state index contributed by atoms with van der Waals surface area (Å²) in [5.74, 6) is 1.03. The predicted octanol–water partition coefficient (Wildman–Crippen LogP) is 0.359. The highest BCUT2D eigenvalue weighted by molar-refractivity contribution is 5.52. The van der Waals surface area contributed by atoms with Crippen molar-refractivity contribution in [2.24, 2.45) is 5.73 Å². The first kappa shape index (κ1) is 6.61. The van der Waals surface area contributed by atoms with Gasteiger partial charge in [0.25, 0.3) is 0 Å². The van der Waals surface area contributed by atoms with Crippen LogP contribution >= 0.6 is 0 Å². The summed E-state index contributed by atoms with van der Waals surface area (Å²) < 4.78 is 0. The second-order valence-corrected chi connectivity index (χ2v) is 2.87. The maximum absolute atomic E-state index is 5.81. The number of anilines is 1. The molecule has 0 fully saturated rings. The molecule has 58 valence electrons. The highest BCUT2D eigenvalue weighted by Crippen LogP contribution is 2.25. The van der Waals surface area contributed by atoms with Gasteiger partial charge in [-0.2, -0.15) is 0 Å². The van der Waals surface area contributed by atoms with Crippen LogP contribution in [0.15, 0.2) is 18.3 Å². The van der Waals surface area contributed by atoms with E-state index in [2.05, 4.69) is 11.1 Å². The van der Waals surface area contributed by atoms with E-state index in [0.717, 1.165) is 12.2 Å². The topological polar surface area (TPSA) is 42.2 Å². The van der Waals surface area contributed by atoms with E-state index >= 15 is 0 Å². The first-order chi connectivity index (χ1) is 5.29. The van der Waals surface area contributed by atoms with Crippen molar-refractivity contribution in [2.45, 2.75) is 12.6 Å². The molecule has 1 unspecified atom stereocenters. The fourth-order valence-corrected chi connectivity index (χ4v) is 1.43. The Labute approximate surface area is 65.8 Å². The van der Waals surface area contributed by atoms with E-state index in [-0.39, 0.29) is 6.17 Å². The van der Waals surface area contributed by atoms with Gasteiger partial charge in [0.15, 0.2) is 0 Å². The quantitative estimate of drug-likeness (QED) is 0.579. The summed E-state index contributed by atoms with van der Waals surface area (Å²) in [6.07, 6.45) is 2.83. The van der Waals surface area contributed by atoms with E-state index in [1.807, 2.05) is 18.0 Å². The van der Waals surface area contributed by atoms with Crippen molar-refractivity contribution in [3.05, 3.63) is 23.9 Å². The van der Waals surface area contributed by atoms with Crippen molar-refractivity contribution in [1.29, 1.82) is 0 Å². The molecule has 3 heteroatoms. The molecule has 0 bridgehead atoms. The average Bonchev–Trinajstić information content (AvgIpc) is 2.30. The van der Waals surface area contributed by atoms with Crippen LogP contribution in [0.1, 0.15) is 5.56 Å². The Morgan fingerprint density at radius 1 is 1.73 bits per heavy atom. The van der Waals surface area contributed by atoms with Gasteiger partial charge in [-0.3, -0.25) is 0 Å². The van der Waals surface area contributed by atoms with Crippen LogP contribution in [0.5, 0.6) is 0 Å². The summed E-state index contributed by atoms with van der Waals surface area (Å²) in [4.78, 5) is 6.25. The summed E-state index contributed by atoms with van der Waals surface area (Å²) in [5, 5.41) is 0. The van der Waals surface area contributed by atoms with E-state index < -0.39 is 0 Å². The molecule has 0 radical (unpaired) electrons. The Hall–Kier alpha value is -1.09. The molecular weight excluding hydrogens is 138 g/mol. The van der Waals surface area contributed by atoms with Crippen LogP contribution in [0.4, 0.5) is 5.82 Å². The lowest BCUT2D eigenvalue weighted by atomic mass is 10.2. The van der Waals surface area contributed by atoms with Gasteiger partial charge in [-0.05, 0) is 11.6 Å². The van der Waals surface area contributed by atoms with Crippen LogP contribution in [0, 0.1) is 0 Å². The highest BCUT2D eigenvalue weighted by atomic mass is 15.3. The minimum Gasteiger partial charge on any atom is -0.344 e.